The first-order valence-corrected chi connectivity index (χ1v) is 7.84. The van der Waals surface area contributed by atoms with Crippen LogP contribution in [0.3, 0.4) is 0 Å². The van der Waals surface area contributed by atoms with E-state index in [0.29, 0.717) is 43.1 Å². The minimum Gasteiger partial charge on any atom is -0.481 e. The van der Waals surface area contributed by atoms with Gasteiger partial charge >= 0.3 is 5.97 Å². The van der Waals surface area contributed by atoms with Crippen LogP contribution < -0.4 is 0 Å². The molecule has 1 unspecified atom stereocenters. The summed E-state index contributed by atoms with van der Waals surface area (Å²) in [6.07, 6.45) is 4.85. The zero-order valence-corrected chi connectivity index (χ0v) is 13.4. The Morgan fingerprint density at radius 1 is 1.46 bits per heavy atom. The van der Waals surface area contributed by atoms with E-state index in [4.69, 9.17) is 8.94 Å². The minimum atomic E-state index is -0.868. The maximum Gasteiger partial charge on any atom is 0.311 e. The van der Waals surface area contributed by atoms with Gasteiger partial charge in [0, 0.05) is 25.9 Å². The van der Waals surface area contributed by atoms with E-state index in [-0.39, 0.29) is 18.9 Å². The van der Waals surface area contributed by atoms with Crippen LogP contribution >= 0.6 is 0 Å². The van der Waals surface area contributed by atoms with Crippen molar-refractivity contribution in [2.24, 2.45) is 5.41 Å². The standard InChI is InChI=1S/C16H19N3O5/c1-16(15(21)22)6-2-7-19(10-16)13(20)4-3-12-17-14(18-24-12)11-5-8-23-9-11/h5,8-9H,2-4,6-7,10H2,1H3,(H,21,22). The highest BCUT2D eigenvalue weighted by molar-refractivity contribution is 5.79. The number of hydrogen-bond donors (Lipinski definition) is 1. The van der Waals surface area contributed by atoms with Crippen molar-refractivity contribution in [1.82, 2.24) is 15.0 Å². The highest BCUT2D eigenvalue weighted by Crippen LogP contribution is 2.30. The number of aryl methyl sites for hydroxylation is 1. The van der Waals surface area contributed by atoms with Crippen molar-refractivity contribution in [1.29, 1.82) is 0 Å². The molecule has 1 N–H and O–H groups in total. The largest absolute Gasteiger partial charge is 0.481 e. The van der Waals surface area contributed by atoms with Crippen LogP contribution in [-0.2, 0) is 16.0 Å². The van der Waals surface area contributed by atoms with Crippen LogP contribution in [0, 0.1) is 5.41 Å². The molecule has 0 spiro atoms. The Balaban J connectivity index is 1.57. The average Bonchev–Trinajstić information content (AvgIpc) is 3.23. The van der Waals surface area contributed by atoms with Crippen molar-refractivity contribution in [3.05, 3.63) is 24.5 Å². The van der Waals surface area contributed by atoms with Crippen LogP contribution in [0.4, 0.5) is 0 Å². The Labute approximate surface area is 138 Å². The van der Waals surface area contributed by atoms with E-state index in [1.54, 1.807) is 17.9 Å². The normalized spacial score (nSPS) is 21.0. The number of nitrogens with zero attached hydrogens (tertiary/aromatic N) is 3. The first-order valence-electron chi connectivity index (χ1n) is 7.84. The van der Waals surface area contributed by atoms with Crippen LogP contribution in [0.25, 0.3) is 11.4 Å². The Morgan fingerprint density at radius 3 is 3.00 bits per heavy atom. The Hall–Kier alpha value is -2.64. The van der Waals surface area contributed by atoms with Crippen molar-refractivity contribution in [3.8, 4) is 11.4 Å². The summed E-state index contributed by atoms with van der Waals surface area (Å²) < 4.78 is 10.1. The van der Waals surface area contributed by atoms with Gasteiger partial charge in [0.15, 0.2) is 0 Å². The molecule has 8 nitrogen and oxygen atoms in total. The van der Waals surface area contributed by atoms with Gasteiger partial charge in [0.05, 0.1) is 17.2 Å². The number of hydrogen-bond acceptors (Lipinski definition) is 6. The number of carboxylic acid groups (broad SMARTS) is 1. The molecule has 128 valence electrons. The number of carbonyl (C=O) groups is 2. The SMILES string of the molecule is CC1(C(=O)O)CCCN(C(=O)CCc2nc(-c3ccoc3)no2)C1. The van der Waals surface area contributed by atoms with Gasteiger partial charge in [-0.1, -0.05) is 5.16 Å². The van der Waals surface area contributed by atoms with E-state index in [1.807, 2.05) is 0 Å². The molecule has 1 fully saturated rings. The molecule has 1 aliphatic heterocycles. The van der Waals surface area contributed by atoms with Crippen molar-refractivity contribution in [2.45, 2.75) is 32.6 Å². The van der Waals surface area contributed by atoms with E-state index in [1.165, 1.54) is 12.5 Å². The zero-order chi connectivity index (χ0) is 17.2. The van der Waals surface area contributed by atoms with E-state index in [9.17, 15) is 14.7 Å². The van der Waals surface area contributed by atoms with Gasteiger partial charge in [-0.05, 0) is 25.8 Å². The predicted molar refractivity (Wildman–Crippen MR) is 81.9 cm³/mol. The van der Waals surface area contributed by atoms with E-state index in [2.05, 4.69) is 10.1 Å². The summed E-state index contributed by atoms with van der Waals surface area (Å²) in [5.41, 5.74) is -0.156. The van der Waals surface area contributed by atoms with Crippen LogP contribution in [0.15, 0.2) is 27.5 Å². The summed E-state index contributed by atoms with van der Waals surface area (Å²) in [4.78, 5) is 29.5. The second-order valence-corrected chi connectivity index (χ2v) is 6.31. The van der Waals surface area contributed by atoms with Crippen LogP contribution in [0.5, 0.6) is 0 Å². The second kappa shape index (κ2) is 6.46. The molecular weight excluding hydrogens is 314 g/mol. The Morgan fingerprint density at radius 2 is 2.29 bits per heavy atom. The number of carboxylic acids is 1. The lowest BCUT2D eigenvalue weighted by atomic mass is 9.82. The number of furan rings is 1. The average molecular weight is 333 g/mol. The van der Waals surface area contributed by atoms with Crippen LogP contribution in [-0.4, -0.2) is 45.1 Å². The summed E-state index contributed by atoms with van der Waals surface area (Å²) in [6, 6.07) is 1.72. The molecule has 1 amide bonds. The molecule has 0 bridgehead atoms. The van der Waals surface area contributed by atoms with Crippen molar-refractivity contribution in [2.75, 3.05) is 13.1 Å². The van der Waals surface area contributed by atoms with Gasteiger partial charge in [-0.2, -0.15) is 4.98 Å². The quantitative estimate of drug-likeness (QED) is 0.890. The van der Waals surface area contributed by atoms with Crippen molar-refractivity contribution < 1.29 is 23.6 Å². The Kier molecular flexibility index (Phi) is 4.37. The third-order valence-corrected chi connectivity index (χ3v) is 4.37. The fourth-order valence-electron chi connectivity index (χ4n) is 2.86. The molecule has 3 heterocycles. The monoisotopic (exact) mass is 333 g/mol. The fraction of sp³-hybridized carbons (Fsp3) is 0.500. The molecule has 1 atom stereocenters. The summed E-state index contributed by atoms with van der Waals surface area (Å²) in [7, 11) is 0. The smallest absolute Gasteiger partial charge is 0.311 e. The molecule has 0 saturated carbocycles. The summed E-state index contributed by atoms with van der Waals surface area (Å²) in [5, 5.41) is 13.2. The van der Waals surface area contributed by atoms with Gasteiger partial charge in [0.2, 0.25) is 17.6 Å². The Bertz CT molecular complexity index is 724. The lowest BCUT2D eigenvalue weighted by Crippen LogP contribution is -2.48. The van der Waals surface area contributed by atoms with Crippen molar-refractivity contribution >= 4 is 11.9 Å². The van der Waals surface area contributed by atoms with Gasteiger partial charge in [-0.25, -0.2) is 0 Å². The topological polar surface area (TPSA) is 110 Å². The fourth-order valence-corrected chi connectivity index (χ4v) is 2.86. The second-order valence-electron chi connectivity index (χ2n) is 6.31. The maximum atomic E-state index is 12.3. The van der Waals surface area contributed by atoms with E-state index >= 15 is 0 Å². The van der Waals surface area contributed by atoms with Gasteiger partial charge in [0.25, 0.3) is 0 Å². The van der Waals surface area contributed by atoms with Gasteiger partial charge < -0.3 is 18.9 Å². The van der Waals surface area contributed by atoms with E-state index in [0.717, 1.165) is 0 Å². The molecule has 0 radical (unpaired) electrons. The van der Waals surface area contributed by atoms with Gasteiger partial charge in [-0.15, -0.1) is 0 Å². The lowest BCUT2D eigenvalue weighted by Gasteiger charge is -2.37. The molecule has 3 rings (SSSR count). The molecule has 2 aromatic rings. The van der Waals surface area contributed by atoms with Gasteiger partial charge in [0.1, 0.15) is 6.26 Å². The molecule has 0 aliphatic carbocycles. The third kappa shape index (κ3) is 3.32. The first-order chi connectivity index (χ1) is 11.5. The molecule has 8 heteroatoms. The maximum absolute atomic E-state index is 12.3. The van der Waals surface area contributed by atoms with Crippen molar-refractivity contribution in [3.63, 3.8) is 0 Å². The molecule has 1 saturated heterocycles. The number of carbonyl (C=O) groups excluding carboxylic acids is 1. The van der Waals surface area contributed by atoms with Crippen LogP contribution in [0.2, 0.25) is 0 Å². The molecule has 0 aromatic carbocycles. The first kappa shape index (κ1) is 16.2. The summed E-state index contributed by atoms with van der Waals surface area (Å²) >= 11 is 0. The number of piperidine rings is 1. The number of likely N-dealkylation sites (tertiary alicyclic amines) is 1. The predicted octanol–water partition coefficient (Wildman–Crippen LogP) is 1.98. The lowest BCUT2D eigenvalue weighted by molar-refractivity contribution is -0.153. The highest BCUT2D eigenvalue weighted by atomic mass is 16.5. The summed E-state index contributed by atoms with van der Waals surface area (Å²) in [6.45, 7) is 2.51. The zero-order valence-electron chi connectivity index (χ0n) is 13.4. The molecule has 1 aliphatic rings. The van der Waals surface area contributed by atoms with Crippen LogP contribution in [0.1, 0.15) is 32.1 Å². The summed E-state index contributed by atoms with van der Waals surface area (Å²) in [5.74, 6) is -0.160. The third-order valence-electron chi connectivity index (χ3n) is 4.37. The highest BCUT2D eigenvalue weighted by Gasteiger charge is 2.39. The number of aliphatic carboxylic acids is 1. The molecule has 24 heavy (non-hydrogen) atoms. The molecule has 2 aromatic heterocycles. The molecular formula is C16H19N3O5. The number of aromatic nitrogens is 2. The minimum absolute atomic E-state index is 0.0924. The number of rotatable bonds is 5. The van der Waals surface area contributed by atoms with Gasteiger partial charge in [-0.3, -0.25) is 9.59 Å². The number of amides is 1. The van der Waals surface area contributed by atoms with E-state index < -0.39 is 11.4 Å².